The van der Waals surface area contributed by atoms with E-state index in [0.29, 0.717) is 22.8 Å². The first-order chi connectivity index (χ1) is 13.4. The van der Waals surface area contributed by atoms with Crippen LogP contribution in [0, 0.1) is 5.92 Å². The lowest BCUT2D eigenvalue weighted by atomic mass is 10.1. The molecular weight excluding hydrogens is 380 g/mol. The second kappa shape index (κ2) is 5.78. The number of benzene rings is 1. The first kappa shape index (κ1) is 17.2. The molecule has 144 valence electrons. The van der Waals surface area contributed by atoms with Crippen molar-refractivity contribution < 1.29 is 13.2 Å². The van der Waals surface area contributed by atoms with Gasteiger partial charge in [0, 0.05) is 24.0 Å². The molecule has 2 aromatic heterocycles. The Bertz CT molecular complexity index is 1300. The van der Waals surface area contributed by atoms with Gasteiger partial charge in [-0.25, -0.2) is 8.42 Å². The van der Waals surface area contributed by atoms with Gasteiger partial charge in [-0.3, -0.25) is 14.3 Å². The largest absolute Gasteiger partial charge is 0.338 e. The lowest BCUT2D eigenvalue weighted by Crippen LogP contribution is -2.17. The number of hydrogen-bond donors (Lipinski definition) is 2. The summed E-state index contributed by atoms with van der Waals surface area (Å²) in [6.07, 6.45) is 3.92. The monoisotopic (exact) mass is 398 g/mol. The van der Waals surface area contributed by atoms with Crippen molar-refractivity contribution in [2.75, 3.05) is 5.32 Å². The average Bonchev–Trinajstić information content (AvgIpc) is 3.39. The van der Waals surface area contributed by atoms with Gasteiger partial charge in [0.1, 0.15) is 10.6 Å². The molecule has 0 amide bonds. The summed E-state index contributed by atoms with van der Waals surface area (Å²) in [5.41, 5.74) is 1.17. The van der Waals surface area contributed by atoms with E-state index in [1.165, 1.54) is 19.1 Å². The summed E-state index contributed by atoms with van der Waals surface area (Å²) in [7, 11) is -3.62. The maximum Gasteiger partial charge on any atom is 0.261 e. The summed E-state index contributed by atoms with van der Waals surface area (Å²) >= 11 is 0. The number of fused-ring (bicyclic) bond motifs is 2. The van der Waals surface area contributed by atoms with Gasteiger partial charge in [-0.15, -0.1) is 0 Å². The Hall–Kier alpha value is -2.94. The number of carbonyl (C=O) groups excluding carboxylic acids is 1. The van der Waals surface area contributed by atoms with Crippen LogP contribution in [0.15, 0.2) is 40.2 Å². The van der Waals surface area contributed by atoms with E-state index in [1.54, 1.807) is 12.3 Å². The second-order valence-corrected chi connectivity index (χ2v) is 9.67. The number of aromatic nitrogens is 3. The molecule has 9 heteroatoms. The molecule has 5 rings (SSSR count). The molecule has 1 aliphatic heterocycles. The van der Waals surface area contributed by atoms with Crippen LogP contribution >= 0.6 is 0 Å². The molecular formula is C19H18N4O4S. The van der Waals surface area contributed by atoms with Crippen molar-refractivity contribution in [3.8, 4) is 0 Å². The highest BCUT2D eigenvalue weighted by Gasteiger charge is 2.41. The van der Waals surface area contributed by atoms with Crippen LogP contribution in [0.3, 0.4) is 0 Å². The molecule has 2 aliphatic rings. The van der Waals surface area contributed by atoms with Crippen molar-refractivity contribution in [1.82, 2.24) is 14.8 Å². The fourth-order valence-corrected chi connectivity index (χ4v) is 5.16. The molecule has 1 atom stereocenters. The van der Waals surface area contributed by atoms with Gasteiger partial charge in [0.15, 0.2) is 21.4 Å². The Morgan fingerprint density at radius 2 is 2.04 bits per heavy atom. The molecule has 28 heavy (non-hydrogen) atoms. The summed E-state index contributed by atoms with van der Waals surface area (Å²) in [6.45, 7) is 2.15. The molecule has 1 fully saturated rings. The average molecular weight is 398 g/mol. The number of nitrogens with zero attached hydrogens (tertiary/aromatic N) is 2. The van der Waals surface area contributed by atoms with Gasteiger partial charge in [0.2, 0.25) is 0 Å². The lowest BCUT2D eigenvalue weighted by molar-refractivity contribution is 0.0994. The number of anilines is 2. The first-order valence-corrected chi connectivity index (χ1v) is 10.7. The molecule has 8 nitrogen and oxygen atoms in total. The van der Waals surface area contributed by atoms with Crippen molar-refractivity contribution >= 4 is 38.0 Å². The van der Waals surface area contributed by atoms with E-state index < -0.39 is 20.9 Å². The number of nitrogens with one attached hydrogen (secondary N) is 2. The zero-order valence-corrected chi connectivity index (χ0v) is 15.9. The molecule has 0 spiro atoms. The quantitative estimate of drug-likeness (QED) is 0.697. The molecule has 3 heterocycles. The van der Waals surface area contributed by atoms with E-state index in [-0.39, 0.29) is 16.0 Å². The predicted octanol–water partition coefficient (Wildman–Crippen LogP) is 2.24. The molecule has 1 aliphatic carbocycles. The van der Waals surface area contributed by atoms with Gasteiger partial charge >= 0.3 is 0 Å². The van der Waals surface area contributed by atoms with Gasteiger partial charge in [0.05, 0.1) is 10.4 Å². The molecule has 2 N–H and O–H groups in total. The number of aromatic amines is 1. The van der Waals surface area contributed by atoms with E-state index >= 15 is 0 Å². The number of hydrogen-bond acceptors (Lipinski definition) is 6. The number of carbonyl (C=O) groups is 1. The Balaban J connectivity index is 1.58. The highest BCUT2D eigenvalue weighted by molar-refractivity contribution is 7.93. The van der Waals surface area contributed by atoms with E-state index in [2.05, 4.69) is 15.4 Å². The third kappa shape index (κ3) is 2.50. The predicted molar refractivity (Wildman–Crippen MR) is 104 cm³/mol. The van der Waals surface area contributed by atoms with Crippen LogP contribution < -0.4 is 10.9 Å². The normalized spacial score (nSPS) is 20.5. The number of ketones is 1. The third-order valence-electron chi connectivity index (χ3n) is 5.45. The second-order valence-electron chi connectivity index (χ2n) is 7.43. The van der Waals surface area contributed by atoms with Crippen LogP contribution in [0.5, 0.6) is 0 Å². The lowest BCUT2D eigenvalue weighted by Gasteiger charge is -2.05. The van der Waals surface area contributed by atoms with Crippen molar-refractivity contribution in [3.63, 3.8) is 0 Å². The van der Waals surface area contributed by atoms with Gasteiger partial charge < -0.3 is 10.3 Å². The maximum atomic E-state index is 12.4. The van der Waals surface area contributed by atoms with E-state index in [9.17, 15) is 18.0 Å². The highest BCUT2D eigenvalue weighted by Crippen LogP contribution is 2.35. The summed E-state index contributed by atoms with van der Waals surface area (Å²) in [5.74, 6) is 0.555. The van der Waals surface area contributed by atoms with Gasteiger partial charge in [0.25, 0.3) is 5.56 Å². The van der Waals surface area contributed by atoms with Crippen LogP contribution in [0.2, 0.25) is 0 Å². The topological polar surface area (TPSA) is 114 Å². The van der Waals surface area contributed by atoms with E-state index in [0.717, 1.165) is 24.9 Å². The van der Waals surface area contributed by atoms with Gasteiger partial charge in [-0.1, -0.05) is 0 Å². The summed E-state index contributed by atoms with van der Waals surface area (Å²) < 4.78 is 26.4. The number of rotatable bonds is 4. The number of H-pyrrole nitrogens is 1. The standard InChI is InChI=1S/C19H18N4O4S/c1-10-17(24)13-8-12(4-5-15(13)28(10,26)27)21-18-16-14(6-7-20-19(16)25)23(22-18)9-11-2-3-11/h4-8,10-11H,2-3,9H2,1H3,(H,20,25)(H,21,22). The third-order valence-corrected chi connectivity index (χ3v) is 7.57. The van der Waals surface area contributed by atoms with Crippen LogP contribution in [-0.2, 0) is 16.4 Å². The van der Waals surface area contributed by atoms with Crippen molar-refractivity contribution in [3.05, 3.63) is 46.4 Å². The molecule has 1 unspecified atom stereocenters. The Morgan fingerprint density at radius 3 is 2.79 bits per heavy atom. The van der Waals surface area contributed by atoms with Crippen LogP contribution in [0.25, 0.3) is 10.9 Å². The molecule has 1 saturated carbocycles. The molecule has 0 radical (unpaired) electrons. The Labute approximate surface area is 160 Å². The number of pyridine rings is 1. The fraction of sp³-hybridized carbons (Fsp3) is 0.316. The fourth-order valence-electron chi connectivity index (χ4n) is 3.64. The molecule has 3 aromatic rings. The van der Waals surface area contributed by atoms with Gasteiger partial charge in [-0.05, 0) is 49.9 Å². The Morgan fingerprint density at radius 1 is 1.25 bits per heavy atom. The van der Waals surface area contributed by atoms with E-state index in [4.69, 9.17) is 0 Å². The first-order valence-electron chi connectivity index (χ1n) is 9.13. The zero-order valence-electron chi connectivity index (χ0n) is 15.1. The van der Waals surface area contributed by atoms with Crippen molar-refractivity contribution in [1.29, 1.82) is 0 Å². The highest BCUT2D eigenvalue weighted by atomic mass is 32.2. The number of sulfone groups is 1. The van der Waals surface area contributed by atoms with Crippen LogP contribution in [0.4, 0.5) is 11.5 Å². The van der Waals surface area contributed by atoms with Crippen molar-refractivity contribution in [2.24, 2.45) is 5.92 Å². The smallest absolute Gasteiger partial charge is 0.261 e. The minimum Gasteiger partial charge on any atom is -0.338 e. The zero-order chi connectivity index (χ0) is 19.6. The van der Waals surface area contributed by atoms with Crippen LogP contribution in [-0.4, -0.2) is 34.2 Å². The maximum absolute atomic E-state index is 12.4. The summed E-state index contributed by atoms with van der Waals surface area (Å²) in [6, 6.07) is 6.35. The minimum atomic E-state index is -3.62. The molecule has 1 aromatic carbocycles. The summed E-state index contributed by atoms with van der Waals surface area (Å²) in [4.78, 5) is 27.4. The minimum absolute atomic E-state index is 0.0533. The summed E-state index contributed by atoms with van der Waals surface area (Å²) in [5, 5.41) is 7.03. The molecule has 0 saturated heterocycles. The number of Topliss-reactive ketones (excluding diaryl/α,β-unsaturated/α-hetero) is 1. The molecule has 0 bridgehead atoms. The SMILES string of the molecule is CC1C(=O)c2cc(Nc3nn(CC4CC4)c4cc[nH]c(=O)c34)ccc2S1(=O)=O. The van der Waals surface area contributed by atoms with E-state index in [1.807, 2.05) is 10.7 Å². The Kier molecular flexibility index (Phi) is 3.54. The van der Waals surface area contributed by atoms with Gasteiger partial charge in [-0.2, -0.15) is 5.10 Å². The van der Waals surface area contributed by atoms with Crippen molar-refractivity contribution in [2.45, 2.75) is 36.5 Å². The van der Waals surface area contributed by atoms with Crippen LogP contribution in [0.1, 0.15) is 30.1 Å².